The lowest BCUT2D eigenvalue weighted by Gasteiger charge is -2.09. The summed E-state index contributed by atoms with van der Waals surface area (Å²) < 4.78 is 6.15. The van der Waals surface area contributed by atoms with Crippen molar-refractivity contribution in [2.45, 2.75) is 6.54 Å². The predicted octanol–water partition coefficient (Wildman–Crippen LogP) is 3.11. The van der Waals surface area contributed by atoms with Crippen molar-refractivity contribution >= 4 is 38.8 Å². The number of ether oxygens (including phenoxy) is 1. The molecule has 0 aliphatic carbocycles. The van der Waals surface area contributed by atoms with Gasteiger partial charge in [-0.3, -0.25) is 0 Å². The molecule has 0 bridgehead atoms. The summed E-state index contributed by atoms with van der Waals surface area (Å²) in [5.41, 5.74) is 6.44. The standard InChI is InChI=1S/C11H12BrN3OS/c1-16-10-3-2-8(13)11(15-10)14-6-9-7(12)4-5-17-9/h2-5H,6,13H2,1H3,(H,14,15). The summed E-state index contributed by atoms with van der Waals surface area (Å²) in [6.45, 7) is 0.683. The molecule has 6 heteroatoms. The van der Waals surface area contributed by atoms with E-state index in [9.17, 15) is 0 Å². The molecule has 3 N–H and O–H groups in total. The zero-order chi connectivity index (χ0) is 12.3. The second kappa shape index (κ2) is 5.37. The molecule has 0 aliphatic heterocycles. The van der Waals surface area contributed by atoms with Crippen LogP contribution in [0.3, 0.4) is 0 Å². The number of thiophene rings is 1. The topological polar surface area (TPSA) is 60.2 Å². The van der Waals surface area contributed by atoms with E-state index in [0.29, 0.717) is 23.9 Å². The van der Waals surface area contributed by atoms with Crippen LogP contribution in [0.2, 0.25) is 0 Å². The van der Waals surface area contributed by atoms with E-state index < -0.39 is 0 Å². The molecule has 2 rings (SSSR count). The molecule has 0 radical (unpaired) electrons. The van der Waals surface area contributed by atoms with Crippen LogP contribution in [-0.2, 0) is 6.54 Å². The second-order valence-corrected chi connectivity index (χ2v) is 5.19. The van der Waals surface area contributed by atoms with Crippen LogP contribution in [0.1, 0.15) is 4.88 Å². The number of nitrogens with one attached hydrogen (secondary N) is 1. The number of nitrogen functional groups attached to an aromatic ring is 1. The lowest BCUT2D eigenvalue weighted by Crippen LogP contribution is -2.04. The van der Waals surface area contributed by atoms with Crippen LogP contribution in [-0.4, -0.2) is 12.1 Å². The number of aromatic nitrogens is 1. The van der Waals surface area contributed by atoms with Crippen molar-refractivity contribution in [1.82, 2.24) is 4.98 Å². The molecule has 4 nitrogen and oxygen atoms in total. The van der Waals surface area contributed by atoms with Gasteiger partial charge in [0.25, 0.3) is 0 Å². The number of rotatable bonds is 4. The third-order valence-electron chi connectivity index (χ3n) is 2.22. The van der Waals surface area contributed by atoms with E-state index in [1.54, 1.807) is 30.6 Å². The highest BCUT2D eigenvalue weighted by Crippen LogP contribution is 2.25. The molecular weight excluding hydrogens is 302 g/mol. The number of hydrogen-bond donors (Lipinski definition) is 2. The molecule has 0 atom stereocenters. The van der Waals surface area contributed by atoms with Gasteiger partial charge in [-0.05, 0) is 33.4 Å². The Hall–Kier alpha value is -1.27. The molecule has 0 amide bonds. The molecule has 0 unspecified atom stereocenters. The molecule has 2 aromatic heterocycles. The Kier molecular flexibility index (Phi) is 3.86. The van der Waals surface area contributed by atoms with Crippen molar-refractivity contribution in [3.8, 4) is 5.88 Å². The normalized spacial score (nSPS) is 10.2. The van der Waals surface area contributed by atoms with Gasteiger partial charge in [-0.1, -0.05) is 0 Å². The van der Waals surface area contributed by atoms with Gasteiger partial charge in [-0.15, -0.1) is 11.3 Å². The van der Waals surface area contributed by atoms with Crippen LogP contribution >= 0.6 is 27.3 Å². The zero-order valence-electron chi connectivity index (χ0n) is 9.24. The predicted molar refractivity (Wildman–Crippen MR) is 74.5 cm³/mol. The summed E-state index contributed by atoms with van der Waals surface area (Å²) in [5.74, 6) is 1.19. The monoisotopic (exact) mass is 313 g/mol. The summed E-state index contributed by atoms with van der Waals surface area (Å²) in [6, 6.07) is 5.53. The first-order chi connectivity index (χ1) is 8.20. The number of nitrogens with two attached hydrogens (primary N) is 1. The maximum absolute atomic E-state index is 5.83. The van der Waals surface area contributed by atoms with Gasteiger partial charge < -0.3 is 15.8 Å². The summed E-state index contributed by atoms with van der Waals surface area (Å²) in [5, 5.41) is 5.23. The third-order valence-corrected chi connectivity index (χ3v) is 4.14. The van der Waals surface area contributed by atoms with Gasteiger partial charge in [-0.2, -0.15) is 4.98 Å². The highest BCUT2D eigenvalue weighted by Gasteiger charge is 2.05. The van der Waals surface area contributed by atoms with Gasteiger partial charge in [-0.25, -0.2) is 0 Å². The molecule has 0 saturated carbocycles. The average Bonchev–Trinajstić information content (AvgIpc) is 2.74. The lowest BCUT2D eigenvalue weighted by atomic mass is 10.3. The molecule has 0 spiro atoms. The van der Waals surface area contributed by atoms with Gasteiger partial charge in [0.2, 0.25) is 5.88 Å². The van der Waals surface area contributed by atoms with E-state index >= 15 is 0 Å². The third kappa shape index (κ3) is 2.89. The van der Waals surface area contributed by atoms with E-state index in [1.165, 1.54) is 4.88 Å². The van der Waals surface area contributed by atoms with Crippen molar-refractivity contribution in [2.24, 2.45) is 0 Å². The molecule has 0 aromatic carbocycles. The molecule has 17 heavy (non-hydrogen) atoms. The maximum atomic E-state index is 5.83. The van der Waals surface area contributed by atoms with Crippen LogP contribution in [0.4, 0.5) is 11.5 Å². The Bertz CT molecular complexity index is 515. The van der Waals surface area contributed by atoms with E-state index in [0.717, 1.165) is 4.47 Å². The van der Waals surface area contributed by atoms with Gasteiger partial charge in [0.05, 0.1) is 19.3 Å². The summed E-state index contributed by atoms with van der Waals surface area (Å²) in [6.07, 6.45) is 0. The molecule has 90 valence electrons. The number of halogens is 1. The van der Waals surface area contributed by atoms with E-state index in [4.69, 9.17) is 10.5 Å². The van der Waals surface area contributed by atoms with Crippen molar-refractivity contribution in [2.75, 3.05) is 18.2 Å². The van der Waals surface area contributed by atoms with Crippen molar-refractivity contribution in [3.05, 3.63) is 32.9 Å². The second-order valence-electron chi connectivity index (χ2n) is 3.34. The largest absolute Gasteiger partial charge is 0.481 e. The summed E-state index contributed by atoms with van der Waals surface area (Å²) >= 11 is 5.16. The van der Waals surface area contributed by atoms with E-state index in [-0.39, 0.29) is 0 Å². The van der Waals surface area contributed by atoms with Crippen LogP contribution in [0, 0.1) is 0 Å². The SMILES string of the molecule is COc1ccc(N)c(NCc2sccc2Br)n1. The number of nitrogens with zero attached hydrogens (tertiary/aromatic N) is 1. The van der Waals surface area contributed by atoms with Crippen molar-refractivity contribution in [3.63, 3.8) is 0 Å². The minimum absolute atomic E-state index is 0.548. The lowest BCUT2D eigenvalue weighted by molar-refractivity contribution is 0.398. The Morgan fingerprint density at radius 1 is 1.47 bits per heavy atom. The minimum atomic E-state index is 0.548. The smallest absolute Gasteiger partial charge is 0.215 e. The summed E-state index contributed by atoms with van der Waals surface area (Å²) in [7, 11) is 1.58. The number of hydrogen-bond acceptors (Lipinski definition) is 5. The fraction of sp³-hybridized carbons (Fsp3) is 0.182. The molecule has 2 aromatic rings. The quantitative estimate of drug-likeness (QED) is 0.910. The van der Waals surface area contributed by atoms with E-state index in [2.05, 4.69) is 26.2 Å². The van der Waals surface area contributed by atoms with Gasteiger partial charge in [0.1, 0.15) is 0 Å². The Morgan fingerprint density at radius 2 is 2.29 bits per heavy atom. The average molecular weight is 314 g/mol. The van der Waals surface area contributed by atoms with E-state index in [1.807, 2.05) is 11.4 Å². The molecule has 2 heterocycles. The number of methoxy groups -OCH3 is 1. The van der Waals surface area contributed by atoms with Gasteiger partial charge in [0.15, 0.2) is 5.82 Å². The van der Waals surface area contributed by atoms with Gasteiger partial charge in [0, 0.05) is 15.4 Å². The van der Waals surface area contributed by atoms with Crippen LogP contribution in [0.25, 0.3) is 0 Å². The first kappa shape index (κ1) is 12.2. The highest BCUT2D eigenvalue weighted by atomic mass is 79.9. The molecule has 0 saturated heterocycles. The number of pyridine rings is 1. The molecule has 0 aliphatic rings. The first-order valence-corrected chi connectivity index (χ1v) is 6.64. The number of anilines is 2. The van der Waals surface area contributed by atoms with Crippen molar-refractivity contribution in [1.29, 1.82) is 0 Å². The Morgan fingerprint density at radius 3 is 2.94 bits per heavy atom. The Balaban J connectivity index is 2.11. The molecular formula is C11H12BrN3OS. The highest BCUT2D eigenvalue weighted by molar-refractivity contribution is 9.10. The maximum Gasteiger partial charge on any atom is 0.215 e. The summed E-state index contributed by atoms with van der Waals surface area (Å²) in [4.78, 5) is 5.45. The Labute approximate surface area is 112 Å². The molecule has 0 fully saturated rings. The fourth-order valence-electron chi connectivity index (χ4n) is 1.32. The minimum Gasteiger partial charge on any atom is -0.481 e. The van der Waals surface area contributed by atoms with Crippen LogP contribution < -0.4 is 15.8 Å². The van der Waals surface area contributed by atoms with Gasteiger partial charge >= 0.3 is 0 Å². The fourth-order valence-corrected chi connectivity index (χ4v) is 2.75. The first-order valence-electron chi connectivity index (χ1n) is 4.97. The van der Waals surface area contributed by atoms with Crippen LogP contribution in [0.15, 0.2) is 28.1 Å². The van der Waals surface area contributed by atoms with Crippen molar-refractivity contribution < 1.29 is 4.74 Å². The van der Waals surface area contributed by atoms with Crippen LogP contribution in [0.5, 0.6) is 5.88 Å². The zero-order valence-corrected chi connectivity index (χ0v) is 11.6.